The molecule has 150 valence electrons. The van der Waals surface area contributed by atoms with E-state index in [4.69, 9.17) is 4.74 Å². The highest BCUT2D eigenvalue weighted by Gasteiger charge is 2.24. The van der Waals surface area contributed by atoms with Gasteiger partial charge in [-0.05, 0) is 18.9 Å². The Balaban J connectivity index is 1.28. The molecule has 7 nitrogen and oxygen atoms in total. The number of anilines is 1. The van der Waals surface area contributed by atoms with E-state index in [9.17, 15) is 4.79 Å². The Morgan fingerprint density at radius 2 is 1.79 bits per heavy atom. The Labute approximate surface area is 169 Å². The molecule has 2 fully saturated rings. The lowest BCUT2D eigenvalue weighted by molar-refractivity contribution is 0.0929. The standard InChI is InChI=1S/C20H27N5O2S/c26-18(23-15-6-3-1-2-4-7-15)17-14-28-20(24-17)25-12-8-16(9-13-25)27-19-21-10-5-11-22-19/h5,10-11,14-16H,1-4,6-9,12-13H2,(H,23,26). The van der Waals surface area contributed by atoms with Gasteiger partial charge in [0.05, 0.1) is 0 Å². The summed E-state index contributed by atoms with van der Waals surface area (Å²) in [4.78, 5) is 27.6. The van der Waals surface area contributed by atoms with E-state index in [2.05, 4.69) is 25.2 Å². The monoisotopic (exact) mass is 401 g/mol. The summed E-state index contributed by atoms with van der Waals surface area (Å²) in [5.41, 5.74) is 0.542. The van der Waals surface area contributed by atoms with E-state index in [0.717, 1.165) is 43.9 Å². The summed E-state index contributed by atoms with van der Waals surface area (Å²) in [5, 5.41) is 5.97. The number of hydrogen-bond donors (Lipinski definition) is 1. The van der Waals surface area contributed by atoms with Gasteiger partial charge >= 0.3 is 6.01 Å². The molecule has 4 rings (SSSR count). The van der Waals surface area contributed by atoms with Crippen LogP contribution in [0.25, 0.3) is 0 Å². The molecule has 3 heterocycles. The summed E-state index contributed by atoms with van der Waals surface area (Å²) >= 11 is 1.54. The van der Waals surface area contributed by atoms with Crippen molar-refractivity contribution in [3.63, 3.8) is 0 Å². The minimum absolute atomic E-state index is 0.0335. The fourth-order valence-corrected chi connectivity index (χ4v) is 4.72. The van der Waals surface area contributed by atoms with Crippen molar-refractivity contribution in [3.8, 4) is 6.01 Å². The number of carbonyl (C=O) groups excluding carboxylic acids is 1. The highest BCUT2D eigenvalue weighted by molar-refractivity contribution is 7.13. The normalized spacial score (nSPS) is 19.2. The van der Waals surface area contributed by atoms with Crippen molar-refractivity contribution in [1.82, 2.24) is 20.3 Å². The van der Waals surface area contributed by atoms with Crippen LogP contribution in [0.4, 0.5) is 5.13 Å². The molecular formula is C20H27N5O2S. The second-order valence-corrected chi connectivity index (χ2v) is 8.35. The summed E-state index contributed by atoms with van der Waals surface area (Å²) in [6.07, 6.45) is 12.4. The van der Waals surface area contributed by atoms with E-state index in [1.165, 1.54) is 25.7 Å². The SMILES string of the molecule is O=C(NC1CCCCCC1)c1csc(N2CCC(Oc3ncccn3)CC2)n1. The summed E-state index contributed by atoms with van der Waals surface area (Å²) in [7, 11) is 0. The van der Waals surface area contributed by atoms with Crippen LogP contribution < -0.4 is 15.0 Å². The second-order valence-electron chi connectivity index (χ2n) is 7.51. The molecule has 0 atom stereocenters. The van der Waals surface area contributed by atoms with Gasteiger partial charge in [-0.3, -0.25) is 4.79 Å². The third-order valence-electron chi connectivity index (χ3n) is 5.44. The minimum atomic E-state index is -0.0335. The molecule has 2 aromatic rings. The Hall–Kier alpha value is -2.22. The van der Waals surface area contributed by atoms with Crippen molar-refractivity contribution >= 4 is 22.4 Å². The topological polar surface area (TPSA) is 80.2 Å². The van der Waals surface area contributed by atoms with E-state index in [-0.39, 0.29) is 12.0 Å². The number of aromatic nitrogens is 3. The van der Waals surface area contributed by atoms with Crippen LogP contribution in [0.5, 0.6) is 6.01 Å². The Morgan fingerprint density at radius 3 is 2.50 bits per heavy atom. The zero-order valence-corrected chi connectivity index (χ0v) is 16.9. The molecule has 0 aromatic carbocycles. The highest BCUT2D eigenvalue weighted by atomic mass is 32.1. The van der Waals surface area contributed by atoms with Crippen LogP contribution in [0.1, 0.15) is 61.9 Å². The predicted octanol–water partition coefficient (Wildman–Crippen LogP) is 3.43. The zero-order valence-electron chi connectivity index (χ0n) is 16.0. The average Bonchev–Trinajstić information content (AvgIpc) is 3.08. The molecule has 0 bridgehead atoms. The first kappa shape index (κ1) is 19.1. The molecular weight excluding hydrogens is 374 g/mol. The second kappa shape index (κ2) is 9.32. The molecule has 1 saturated heterocycles. The maximum absolute atomic E-state index is 12.6. The van der Waals surface area contributed by atoms with Gasteiger partial charge in [0, 0.05) is 49.7 Å². The number of amides is 1. The van der Waals surface area contributed by atoms with Crippen LogP contribution in [-0.4, -0.2) is 46.1 Å². The smallest absolute Gasteiger partial charge is 0.316 e. The van der Waals surface area contributed by atoms with Crippen LogP contribution in [-0.2, 0) is 0 Å². The van der Waals surface area contributed by atoms with Crippen LogP contribution in [0.15, 0.2) is 23.8 Å². The number of piperidine rings is 1. The van der Waals surface area contributed by atoms with Gasteiger partial charge < -0.3 is 15.0 Å². The molecule has 0 radical (unpaired) electrons. The van der Waals surface area contributed by atoms with E-state index < -0.39 is 0 Å². The van der Waals surface area contributed by atoms with E-state index in [1.807, 2.05) is 5.38 Å². The molecule has 1 saturated carbocycles. The maximum atomic E-state index is 12.6. The molecule has 2 aromatic heterocycles. The molecule has 1 N–H and O–H groups in total. The van der Waals surface area contributed by atoms with Crippen molar-refractivity contribution in [2.24, 2.45) is 0 Å². The predicted molar refractivity (Wildman–Crippen MR) is 109 cm³/mol. The average molecular weight is 402 g/mol. The van der Waals surface area contributed by atoms with E-state index >= 15 is 0 Å². The first-order chi connectivity index (χ1) is 13.8. The zero-order chi connectivity index (χ0) is 19.2. The van der Waals surface area contributed by atoms with Gasteiger partial charge in [-0.1, -0.05) is 25.7 Å². The molecule has 0 spiro atoms. The Morgan fingerprint density at radius 1 is 1.07 bits per heavy atom. The molecule has 0 unspecified atom stereocenters. The van der Waals surface area contributed by atoms with Crippen molar-refractivity contribution in [2.75, 3.05) is 18.0 Å². The van der Waals surface area contributed by atoms with Gasteiger partial charge in [-0.15, -0.1) is 11.3 Å². The number of hydrogen-bond acceptors (Lipinski definition) is 7. The summed E-state index contributed by atoms with van der Waals surface area (Å²) in [6.45, 7) is 1.71. The molecule has 28 heavy (non-hydrogen) atoms. The molecule has 1 amide bonds. The third kappa shape index (κ3) is 4.98. The Kier molecular flexibility index (Phi) is 6.36. The van der Waals surface area contributed by atoms with Crippen LogP contribution in [0.3, 0.4) is 0 Å². The molecule has 2 aliphatic rings. The number of nitrogens with one attached hydrogen (secondary N) is 1. The van der Waals surface area contributed by atoms with Gasteiger partial charge in [-0.2, -0.15) is 0 Å². The number of nitrogens with zero attached hydrogens (tertiary/aromatic N) is 4. The van der Waals surface area contributed by atoms with E-state index in [0.29, 0.717) is 17.7 Å². The fraction of sp³-hybridized carbons (Fsp3) is 0.600. The number of carbonyl (C=O) groups is 1. The van der Waals surface area contributed by atoms with E-state index in [1.54, 1.807) is 29.8 Å². The molecule has 1 aliphatic carbocycles. The fourth-order valence-electron chi connectivity index (χ4n) is 3.86. The van der Waals surface area contributed by atoms with Crippen LogP contribution in [0.2, 0.25) is 0 Å². The minimum Gasteiger partial charge on any atom is -0.460 e. The summed E-state index contributed by atoms with van der Waals surface area (Å²) in [5.74, 6) is -0.0335. The lowest BCUT2D eigenvalue weighted by Gasteiger charge is -2.31. The van der Waals surface area contributed by atoms with Gasteiger partial charge in [0.1, 0.15) is 11.8 Å². The van der Waals surface area contributed by atoms with Crippen molar-refractivity contribution in [1.29, 1.82) is 0 Å². The first-order valence-corrected chi connectivity index (χ1v) is 11.1. The summed E-state index contributed by atoms with van der Waals surface area (Å²) in [6, 6.07) is 2.52. The number of thiazole rings is 1. The lowest BCUT2D eigenvalue weighted by atomic mass is 10.1. The lowest BCUT2D eigenvalue weighted by Crippen LogP contribution is -2.38. The number of rotatable bonds is 5. The van der Waals surface area contributed by atoms with Crippen molar-refractivity contribution < 1.29 is 9.53 Å². The maximum Gasteiger partial charge on any atom is 0.316 e. The van der Waals surface area contributed by atoms with Gasteiger partial charge in [0.15, 0.2) is 5.13 Å². The Bertz CT molecular complexity index is 753. The van der Waals surface area contributed by atoms with Gasteiger partial charge in [-0.25, -0.2) is 15.0 Å². The highest BCUT2D eigenvalue weighted by Crippen LogP contribution is 2.26. The first-order valence-electron chi connectivity index (χ1n) is 10.2. The molecule has 8 heteroatoms. The van der Waals surface area contributed by atoms with Crippen LogP contribution >= 0.6 is 11.3 Å². The largest absolute Gasteiger partial charge is 0.460 e. The van der Waals surface area contributed by atoms with Crippen molar-refractivity contribution in [2.45, 2.75) is 63.5 Å². The summed E-state index contributed by atoms with van der Waals surface area (Å²) < 4.78 is 5.85. The molecule has 1 aliphatic heterocycles. The van der Waals surface area contributed by atoms with Crippen molar-refractivity contribution in [3.05, 3.63) is 29.5 Å². The van der Waals surface area contributed by atoms with Gasteiger partial charge in [0.2, 0.25) is 0 Å². The quantitative estimate of drug-likeness (QED) is 0.773. The van der Waals surface area contributed by atoms with Gasteiger partial charge in [0.25, 0.3) is 5.91 Å². The number of ether oxygens (including phenoxy) is 1. The third-order valence-corrected chi connectivity index (χ3v) is 6.34. The van der Waals surface area contributed by atoms with Crippen LogP contribution in [0, 0.1) is 0 Å².